The Morgan fingerprint density at radius 1 is 1.08 bits per heavy atom. The first kappa shape index (κ1) is 15.9. The number of hydrogen-bond acceptors (Lipinski definition) is 5. The van der Waals surface area contributed by atoms with E-state index in [0.29, 0.717) is 12.0 Å². The fourth-order valence-corrected chi connectivity index (χ4v) is 3.45. The highest BCUT2D eigenvalue weighted by molar-refractivity contribution is 5.90. The van der Waals surface area contributed by atoms with Gasteiger partial charge < -0.3 is 15.1 Å². The number of aryl methyl sites for hydroxylation is 1. The van der Waals surface area contributed by atoms with Crippen LogP contribution in [0, 0.1) is 6.92 Å². The average molecular weight is 336 g/mol. The fraction of sp³-hybridized carbons (Fsp3) is 0.400. The van der Waals surface area contributed by atoms with Gasteiger partial charge >= 0.3 is 0 Å². The maximum absolute atomic E-state index is 5.61. The summed E-state index contributed by atoms with van der Waals surface area (Å²) in [6.07, 6.45) is 5.86. The standard InChI is InChI=1S/C20H24N4O/c1-14-10-11-16(25-14)12-13-21-20-23-18-9-5-4-8-17(18)19(24-20)22-15-6-2-3-7-15/h4-5,8-11,15H,2-3,6-7,12-13H2,1H3,(H2,21,22,23,24). The van der Waals surface area contributed by atoms with Gasteiger partial charge in [-0.3, -0.25) is 0 Å². The van der Waals surface area contributed by atoms with E-state index in [1.807, 2.05) is 37.3 Å². The number of furan rings is 1. The first-order valence-corrected chi connectivity index (χ1v) is 9.10. The molecule has 0 aliphatic heterocycles. The molecule has 0 saturated heterocycles. The molecule has 1 saturated carbocycles. The Morgan fingerprint density at radius 3 is 2.72 bits per heavy atom. The lowest BCUT2D eigenvalue weighted by molar-refractivity contribution is 0.486. The van der Waals surface area contributed by atoms with E-state index in [0.717, 1.165) is 41.2 Å². The van der Waals surface area contributed by atoms with Crippen molar-refractivity contribution in [2.24, 2.45) is 0 Å². The minimum absolute atomic E-state index is 0.525. The second kappa shape index (κ2) is 7.13. The van der Waals surface area contributed by atoms with Gasteiger partial charge in [-0.15, -0.1) is 0 Å². The van der Waals surface area contributed by atoms with Gasteiger partial charge in [-0.1, -0.05) is 25.0 Å². The van der Waals surface area contributed by atoms with Gasteiger partial charge in [-0.05, 0) is 44.0 Å². The summed E-state index contributed by atoms with van der Waals surface area (Å²) in [5.41, 5.74) is 0.967. The molecule has 0 amide bonds. The summed E-state index contributed by atoms with van der Waals surface area (Å²) in [4.78, 5) is 9.39. The van der Waals surface area contributed by atoms with Gasteiger partial charge in [0.2, 0.25) is 5.95 Å². The van der Waals surface area contributed by atoms with E-state index in [2.05, 4.69) is 21.7 Å². The second-order valence-electron chi connectivity index (χ2n) is 6.73. The van der Waals surface area contributed by atoms with Crippen LogP contribution in [0.1, 0.15) is 37.2 Å². The maximum atomic E-state index is 5.61. The SMILES string of the molecule is Cc1ccc(CCNc2nc(NC3CCCC3)c3ccccc3n2)o1. The number of rotatable bonds is 6. The van der Waals surface area contributed by atoms with Crippen LogP contribution in [0.25, 0.3) is 10.9 Å². The van der Waals surface area contributed by atoms with Gasteiger partial charge in [0, 0.05) is 24.4 Å². The smallest absolute Gasteiger partial charge is 0.225 e. The average Bonchev–Trinajstić information content (AvgIpc) is 3.27. The molecule has 2 aromatic heterocycles. The van der Waals surface area contributed by atoms with Crippen molar-refractivity contribution >= 4 is 22.7 Å². The summed E-state index contributed by atoms with van der Waals surface area (Å²) in [7, 11) is 0. The van der Waals surface area contributed by atoms with Crippen molar-refractivity contribution in [1.29, 1.82) is 0 Å². The molecule has 1 aromatic carbocycles. The zero-order valence-electron chi connectivity index (χ0n) is 14.6. The van der Waals surface area contributed by atoms with Gasteiger partial charge in [0.25, 0.3) is 0 Å². The number of hydrogen-bond donors (Lipinski definition) is 2. The number of nitrogens with one attached hydrogen (secondary N) is 2. The first-order chi connectivity index (χ1) is 12.3. The Balaban J connectivity index is 1.51. The molecule has 5 heteroatoms. The summed E-state index contributed by atoms with van der Waals surface area (Å²) in [5, 5.41) is 8.05. The summed E-state index contributed by atoms with van der Waals surface area (Å²) < 4.78 is 5.61. The van der Waals surface area contributed by atoms with E-state index in [-0.39, 0.29) is 0 Å². The highest BCUT2D eigenvalue weighted by Gasteiger charge is 2.17. The predicted octanol–water partition coefficient (Wildman–Crippen LogP) is 4.54. The Kier molecular flexibility index (Phi) is 4.55. The molecule has 2 N–H and O–H groups in total. The van der Waals surface area contributed by atoms with Crippen LogP contribution in [0.2, 0.25) is 0 Å². The molecule has 4 rings (SSSR count). The molecule has 2 heterocycles. The Morgan fingerprint density at radius 2 is 1.92 bits per heavy atom. The van der Waals surface area contributed by atoms with Gasteiger partial charge in [0.1, 0.15) is 17.3 Å². The van der Waals surface area contributed by atoms with E-state index >= 15 is 0 Å². The Hall–Kier alpha value is -2.56. The van der Waals surface area contributed by atoms with Gasteiger partial charge in [-0.25, -0.2) is 4.98 Å². The molecule has 3 aromatic rings. The first-order valence-electron chi connectivity index (χ1n) is 9.10. The lowest BCUT2D eigenvalue weighted by atomic mass is 10.2. The largest absolute Gasteiger partial charge is 0.466 e. The van der Waals surface area contributed by atoms with Crippen LogP contribution >= 0.6 is 0 Å². The third-order valence-corrected chi connectivity index (χ3v) is 4.75. The van der Waals surface area contributed by atoms with E-state index in [9.17, 15) is 0 Å². The topological polar surface area (TPSA) is 63.0 Å². The minimum atomic E-state index is 0.525. The summed E-state index contributed by atoms with van der Waals surface area (Å²) in [6, 6.07) is 12.7. The van der Waals surface area contributed by atoms with Crippen molar-refractivity contribution in [2.75, 3.05) is 17.2 Å². The number of para-hydroxylation sites is 1. The van der Waals surface area contributed by atoms with Crippen molar-refractivity contribution in [3.05, 3.63) is 47.9 Å². The third kappa shape index (κ3) is 3.76. The van der Waals surface area contributed by atoms with Crippen molar-refractivity contribution in [3.63, 3.8) is 0 Å². The highest BCUT2D eigenvalue weighted by atomic mass is 16.3. The predicted molar refractivity (Wildman–Crippen MR) is 101 cm³/mol. The summed E-state index contributed by atoms with van der Waals surface area (Å²) >= 11 is 0. The van der Waals surface area contributed by atoms with Crippen LogP contribution in [0.4, 0.5) is 11.8 Å². The van der Waals surface area contributed by atoms with Crippen LogP contribution in [0.3, 0.4) is 0 Å². The molecule has 130 valence electrons. The Labute approximate surface area is 147 Å². The summed E-state index contributed by atoms with van der Waals surface area (Å²) in [6.45, 7) is 2.71. The quantitative estimate of drug-likeness (QED) is 0.692. The molecule has 25 heavy (non-hydrogen) atoms. The number of anilines is 2. The maximum Gasteiger partial charge on any atom is 0.225 e. The normalized spacial score (nSPS) is 14.9. The molecule has 0 bridgehead atoms. The van der Waals surface area contributed by atoms with E-state index < -0.39 is 0 Å². The molecular formula is C20H24N4O. The number of fused-ring (bicyclic) bond motifs is 1. The molecule has 1 fully saturated rings. The monoisotopic (exact) mass is 336 g/mol. The van der Waals surface area contributed by atoms with Gasteiger partial charge in [0.05, 0.1) is 5.52 Å². The molecule has 0 spiro atoms. The molecule has 0 unspecified atom stereocenters. The van der Waals surface area contributed by atoms with Crippen LogP contribution in [-0.4, -0.2) is 22.6 Å². The van der Waals surface area contributed by atoms with Crippen molar-refractivity contribution in [3.8, 4) is 0 Å². The molecule has 0 atom stereocenters. The van der Waals surface area contributed by atoms with Crippen LogP contribution in [-0.2, 0) is 6.42 Å². The van der Waals surface area contributed by atoms with Gasteiger partial charge in [0.15, 0.2) is 0 Å². The Bertz CT molecular complexity index is 852. The van der Waals surface area contributed by atoms with Crippen molar-refractivity contribution < 1.29 is 4.42 Å². The number of aromatic nitrogens is 2. The molecule has 1 aliphatic rings. The zero-order chi connectivity index (χ0) is 17.1. The lowest BCUT2D eigenvalue weighted by Crippen LogP contribution is -2.17. The van der Waals surface area contributed by atoms with E-state index in [4.69, 9.17) is 9.40 Å². The minimum Gasteiger partial charge on any atom is -0.466 e. The third-order valence-electron chi connectivity index (χ3n) is 4.75. The number of nitrogens with zero attached hydrogens (tertiary/aromatic N) is 2. The lowest BCUT2D eigenvalue weighted by Gasteiger charge is -2.16. The fourth-order valence-electron chi connectivity index (χ4n) is 3.45. The van der Waals surface area contributed by atoms with Crippen molar-refractivity contribution in [1.82, 2.24) is 9.97 Å². The van der Waals surface area contributed by atoms with Crippen LogP contribution in [0.15, 0.2) is 40.8 Å². The second-order valence-corrected chi connectivity index (χ2v) is 6.73. The summed E-state index contributed by atoms with van der Waals surface area (Å²) in [5.74, 6) is 3.53. The highest BCUT2D eigenvalue weighted by Crippen LogP contribution is 2.26. The van der Waals surface area contributed by atoms with Crippen LogP contribution < -0.4 is 10.6 Å². The molecule has 0 radical (unpaired) electrons. The molecule has 5 nitrogen and oxygen atoms in total. The van der Waals surface area contributed by atoms with Gasteiger partial charge in [-0.2, -0.15) is 4.98 Å². The van der Waals surface area contributed by atoms with E-state index in [1.165, 1.54) is 25.7 Å². The molecule has 1 aliphatic carbocycles. The van der Waals surface area contributed by atoms with Crippen LogP contribution in [0.5, 0.6) is 0 Å². The number of benzene rings is 1. The van der Waals surface area contributed by atoms with Crippen molar-refractivity contribution in [2.45, 2.75) is 45.1 Å². The molecular weight excluding hydrogens is 312 g/mol. The zero-order valence-corrected chi connectivity index (χ0v) is 14.6. The van der Waals surface area contributed by atoms with E-state index in [1.54, 1.807) is 0 Å².